The number of benzene rings is 1. The van der Waals surface area contributed by atoms with Crippen molar-refractivity contribution in [2.75, 3.05) is 0 Å². The van der Waals surface area contributed by atoms with Gasteiger partial charge in [0, 0.05) is 12.8 Å². The van der Waals surface area contributed by atoms with E-state index in [0.29, 0.717) is 26.3 Å². The number of thioether (sulfide) groups is 1. The molecule has 0 N–H and O–H groups in total. The molecule has 0 atom stereocenters. The number of halogens is 3. The largest absolute Gasteiger partial charge is 0.446 e. The van der Waals surface area contributed by atoms with Gasteiger partial charge in [-0.3, -0.25) is 0 Å². The minimum atomic E-state index is 0.554. The summed E-state index contributed by atoms with van der Waals surface area (Å²) in [5.41, 5.74) is 1.07. The van der Waals surface area contributed by atoms with Gasteiger partial charge in [-0.15, -0.1) is 10.2 Å². The molecule has 0 fully saturated rings. The second kappa shape index (κ2) is 6.66. The standard InChI is InChI=1S/C14H10BrCl2N3OS/c1-20-13(11-4-5-12(15)21-11)18-19-14(20)22-7-8-2-3-9(16)10(17)6-8/h2-6H,7H2,1H3. The van der Waals surface area contributed by atoms with E-state index in [1.54, 1.807) is 17.8 Å². The van der Waals surface area contributed by atoms with Crippen LogP contribution in [0.15, 0.2) is 44.6 Å². The summed E-state index contributed by atoms with van der Waals surface area (Å²) in [6, 6.07) is 9.27. The zero-order valence-corrected chi connectivity index (χ0v) is 15.3. The van der Waals surface area contributed by atoms with Crippen molar-refractivity contribution in [3.05, 3.63) is 50.6 Å². The molecule has 0 aliphatic rings. The maximum absolute atomic E-state index is 6.02. The Hall–Kier alpha value is -0.950. The maximum atomic E-state index is 6.02. The van der Waals surface area contributed by atoms with Crippen molar-refractivity contribution in [2.24, 2.45) is 7.05 Å². The first-order valence-electron chi connectivity index (χ1n) is 6.26. The summed E-state index contributed by atoms with van der Waals surface area (Å²) in [6.07, 6.45) is 0. The lowest BCUT2D eigenvalue weighted by Gasteiger charge is -2.04. The molecule has 114 valence electrons. The highest BCUT2D eigenvalue weighted by Crippen LogP contribution is 2.29. The van der Waals surface area contributed by atoms with Crippen molar-refractivity contribution in [2.45, 2.75) is 10.9 Å². The van der Waals surface area contributed by atoms with Crippen LogP contribution in [0.1, 0.15) is 5.56 Å². The molecule has 4 nitrogen and oxygen atoms in total. The molecule has 0 saturated carbocycles. The van der Waals surface area contributed by atoms with Crippen LogP contribution in [0.25, 0.3) is 11.6 Å². The van der Waals surface area contributed by atoms with E-state index in [9.17, 15) is 0 Å². The average Bonchev–Trinajstić information content (AvgIpc) is 3.06. The van der Waals surface area contributed by atoms with Crippen molar-refractivity contribution in [3.8, 4) is 11.6 Å². The molecule has 0 saturated heterocycles. The van der Waals surface area contributed by atoms with Gasteiger partial charge in [0.15, 0.2) is 21.4 Å². The van der Waals surface area contributed by atoms with Gasteiger partial charge >= 0.3 is 0 Å². The number of nitrogens with zero attached hydrogens (tertiary/aromatic N) is 3. The van der Waals surface area contributed by atoms with Gasteiger partial charge in [-0.1, -0.05) is 41.0 Å². The Kier molecular flexibility index (Phi) is 4.82. The lowest BCUT2D eigenvalue weighted by molar-refractivity contribution is 0.547. The molecule has 2 heterocycles. The van der Waals surface area contributed by atoms with Gasteiger partial charge in [0.2, 0.25) is 0 Å². The van der Waals surface area contributed by atoms with Gasteiger partial charge in [0.1, 0.15) is 0 Å². The number of furan rings is 1. The summed E-state index contributed by atoms with van der Waals surface area (Å²) in [4.78, 5) is 0. The summed E-state index contributed by atoms with van der Waals surface area (Å²) in [7, 11) is 1.91. The fourth-order valence-electron chi connectivity index (χ4n) is 1.87. The SMILES string of the molecule is Cn1c(SCc2ccc(Cl)c(Cl)c2)nnc1-c1ccc(Br)o1. The van der Waals surface area contributed by atoms with Gasteiger partial charge in [-0.2, -0.15) is 0 Å². The highest BCUT2D eigenvalue weighted by atomic mass is 79.9. The quantitative estimate of drug-likeness (QED) is 0.529. The van der Waals surface area contributed by atoms with E-state index >= 15 is 0 Å². The molecule has 0 spiro atoms. The molecule has 1 aromatic carbocycles. The van der Waals surface area contributed by atoms with E-state index in [1.807, 2.05) is 35.9 Å². The van der Waals surface area contributed by atoms with Gasteiger partial charge in [-0.25, -0.2) is 0 Å². The second-order valence-corrected chi connectivity index (χ2v) is 7.04. The lowest BCUT2D eigenvalue weighted by atomic mass is 10.2. The van der Waals surface area contributed by atoms with Crippen LogP contribution in [0, 0.1) is 0 Å². The highest BCUT2D eigenvalue weighted by Gasteiger charge is 2.14. The molecule has 0 aliphatic carbocycles. The first-order valence-corrected chi connectivity index (χ1v) is 8.80. The number of hydrogen-bond acceptors (Lipinski definition) is 4. The van der Waals surface area contributed by atoms with Crippen LogP contribution in [0.2, 0.25) is 10.0 Å². The summed E-state index contributed by atoms with van der Waals surface area (Å²) in [6.45, 7) is 0. The van der Waals surface area contributed by atoms with Crippen molar-refractivity contribution in [1.29, 1.82) is 0 Å². The minimum absolute atomic E-state index is 0.554. The van der Waals surface area contributed by atoms with Crippen LogP contribution in [0.4, 0.5) is 0 Å². The van der Waals surface area contributed by atoms with Crippen LogP contribution >= 0.6 is 50.9 Å². The summed E-state index contributed by atoms with van der Waals surface area (Å²) in [5, 5.41) is 10.3. The fourth-order valence-corrected chi connectivity index (χ4v) is 3.35. The predicted molar refractivity (Wildman–Crippen MR) is 92.4 cm³/mol. The molecule has 0 radical (unpaired) electrons. The monoisotopic (exact) mass is 417 g/mol. The van der Waals surface area contributed by atoms with E-state index in [2.05, 4.69) is 26.1 Å². The van der Waals surface area contributed by atoms with Crippen LogP contribution < -0.4 is 0 Å². The van der Waals surface area contributed by atoms with Gasteiger partial charge in [-0.05, 0) is 45.8 Å². The first kappa shape index (κ1) is 15.9. The van der Waals surface area contributed by atoms with E-state index in [4.69, 9.17) is 27.6 Å². The molecule has 0 aliphatic heterocycles. The lowest BCUT2D eigenvalue weighted by Crippen LogP contribution is -1.94. The van der Waals surface area contributed by atoms with Crippen LogP contribution in [-0.2, 0) is 12.8 Å². The third-order valence-corrected chi connectivity index (χ3v) is 5.24. The van der Waals surface area contributed by atoms with Gasteiger partial charge in [0.05, 0.1) is 10.0 Å². The number of aromatic nitrogens is 3. The highest BCUT2D eigenvalue weighted by molar-refractivity contribution is 9.10. The second-order valence-electron chi connectivity index (χ2n) is 4.51. The van der Waals surface area contributed by atoms with Crippen molar-refractivity contribution in [3.63, 3.8) is 0 Å². The zero-order chi connectivity index (χ0) is 15.7. The Labute approximate surface area is 149 Å². The average molecular weight is 419 g/mol. The number of hydrogen-bond donors (Lipinski definition) is 0. The molecule has 8 heteroatoms. The van der Waals surface area contributed by atoms with E-state index < -0.39 is 0 Å². The Morgan fingerprint density at radius 3 is 2.68 bits per heavy atom. The maximum Gasteiger partial charge on any atom is 0.200 e. The van der Waals surface area contributed by atoms with Crippen molar-refractivity contribution >= 4 is 50.9 Å². The molecule has 0 bridgehead atoms. The number of rotatable bonds is 4. The fraction of sp³-hybridized carbons (Fsp3) is 0.143. The Morgan fingerprint density at radius 2 is 2.00 bits per heavy atom. The molecular weight excluding hydrogens is 409 g/mol. The zero-order valence-electron chi connectivity index (χ0n) is 11.4. The summed E-state index contributed by atoms with van der Waals surface area (Å²) in [5.74, 6) is 2.08. The van der Waals surface area contributed by atoms with Crippen molar-refractivity contribution in [1.82, 2.24) is 14.8 Å². The minimum Gasteiger partial charge on any atom is -0.446 e. The van der Waals surface area contributed by atoms with Crippen LogP contribution in [0.3, 0.4) is 0 Å². The molecule has 3 rings (SSSR count). The van der Waals surface area contributed by atoms with E-state index in [0.717, 1.165) is 16.5 Å². The Balaban J connectivity index is 1.76. The van der Waals surface area contributed by atoms with Crippen molar-refractivity contribution < 1.29 is 4.42 Å². The summed E-state index contributed by atoms with van der Waals surface area (Å²) >= 11 is 16.8. The van der Waals surface area contributed by atoms with E-state index in [1.165, 1.54) is 0 Å². The third kappa shape index (κ3) is 3.35. The Bertz CT molecular complexity index is 818. The van der Waals surface area contributed by atoms with Gasteiger partial charge < -0.3 is 8.98 Å². The predicted octanol–water partition coefficient (Wildman–Crippen LogP) is 5.44. The smallest absolute Gasteiger partial charge is 0.200 e. The summed E-state index contributed by atoms with van der Waals surface area (Å²) < 4.78 is 8.07. The molecule has 22 heavy (non-hydrogen) atoms. The molecule has 0 amide bonds. The topological polar surface area (TPSA) is 43.9 Å². The third-order valence-electron chi connectivity index (χ3n) is 2.98. The Morgan fingerprint density at radius 1 is 1.18 bits per heavy atom. The van der Waals surface area contributed by atoms with Crippen LogP contribution in [0.5, 0.6) is 0 Å². The molecule has 2 aromatic heterocycles. The molecule has 0 unspecified atom stereocenters. The molecule has 3 aromatic rings. The normalized spacial score (nSPS) is 11.1. The first-order chi connectivity index (χ1) is 10.5. The van der Waals surface area contributed by atoms with E-state index in [-0.39, 0.29) is 0 Å². The molecular formula is C14H10BrCl2N3OS. The van der Waals surface area contributed by atoms with Crippen LogP contribution in [-0.4, -0.2) is 14.8 Å². The van der Waals surface area contributed by atoms with Gasteiger partial charge in [0.25, 0.3) is 0 Å².